The normalized spacial score (nSPS) is 16.1. The van der Waals surface area contributed by atoms with Gasteiger partial charge in [0.2, 0.25) is 15.9 Å². The molecule has 0 atom stereocenters. The van der Waals surface area contributed by atoms with Crippen molar-refractivity contribution in [2.45, 2.75) is 24.3 Å². The van der Waals surface area contributed by atoms with Crippen molar-refractivity contribution in [1.29, 1.82) is 0 Å². The Balaban J connectivity index is 1.35. The molecule has 4 rings (SSSR count). The predicted octanol–water partition coefficient (Wildman–Crippen LogP) is 3.90. The van der Waals surface area contributed by atoms with Gasteiger partial charge in [-0.05, 0) is 53.4 Å². The summed E-state index contributed by atoms with van der Waals surface area (Å²) in [5.74, 6) is -2.68. The van der Waals surface area contributed by atoms with Crippen molar-refractivity contribution < 1.29 is 22.0 Å². The molecule has 0 spiro atoms. The highest BCUT2D eigenvalue weighted by molar-refractivity contribution is 7.89. The van der Waals surface area contributed by atoms with Crippen LogP contribution in [0, 0.1) is 17.6 Å². The Kier molecular flexibility index (Phi) is 5.86. The van der Waals surface area contributed by atoms with Crippen molar-refractivity contribution in [3.63, 3.8) is 0 Å². The van der Waals surface area contributed by atoms with E-state index in [-0.39, 0.29) is 29.8 Å². The van der Waals surface area contributed by atoms with Gasteiger partial charge >= 0.3 is 0 Å². The Hall–Kier alpha value is -2.36. The number of carbonyl (C=O) groups excluding carboxylic acids is 1. The SMILES string of the molecule is O=C(NCc1csc2ccccc12)C1CCN(S(=O)(=O)c2ccc(F)c(F)c2)CC1. The number of rotatable bonds is 5. The average molecular weight is 451 g/mol. The molecule has 3 aromatic rings. The maximum Gasteiger partial charge on any atom is 0.243 e. The highest BCUT2D eigenvalue weighted by atomic mass is 32.2. The van der Waals surface area contributed by atoms with E-state index in [0.29, 0.717) is 25.5 Å². The van der Waals surface area contributed by atoms with Gasteiger partial charge in [0.15, 0.2) is 11.6 Å². The number of hydrogen-bond acceptors (Lipinski definition) is 4. The molecule has 1 amide bonds. The minimum absolute atomic E-state index is 0.102. The Labute approximate surface area is 177 Å². The average Bonchev–Trinajstić information content (AvgIpc) is 3.17. The first-order chi connectivity index (χ1) is 14.4. The van der Waals surface area contributed by atoms with E-state index < -0.39 is 21.7 Å². The van der Waals surface area contributed by atoms with E-state index in [0.717, 1.165) is 27.8 Å². The van der Waals surface area contributed by atoms with Gasteiger partial charge in [-0.3, -0.25) is 4.79 Å². The largest absolute Gasteiger partial charge is 0.352 e. The van der Waals surface area contributed by atoms with Crippen LogP contribution in [-0.4, -0.2) is 31.7 Å². The van der Waals surface area contributed by atoms with E-state index in [1.807, 2.05) is 29.6 Å². The molecule has 1 N–H and O–H groups in total. The fourth-order valence-corrected chi connectivity index (χ4v) is 6.09. The van der Waals surface area contributed by atoms with E-state index in [9.17, 15) is 22.0 Å². The molecule has 5 nitrogen and oxygen atoms in total. The molecule has 1 aliphatic heterocycles. The Bertz CT molecular complexity index is 1190. The molecule has 1 fully saturated rings. The van der Waals surface area contributed by atoms with Crippen LogP contribution in [0.3, 0.4) is 0 Å². The number of nitrogens with zero attached hydrogens (tertiary/aromatic N) is 1. The fourth-order valence-electron chi connectivity index (χ4n) is 3.64. The topological polar surface area (TPSA) is 66.5 Å². The number of fused-ring (bicyclic) bond motifs is 1. The first-order valence-corrected chi connectivity index (χ1v) is 11.9. The van der Waals surface area contributed by atoms with Crippen LogP contribution in [0.15, 0.2) is 52.7 Å². The number of piperidine rings is 1. The summed E-state index contributed by atoms with van der Waals surface area (Å²) >= 11 is 1.63. The summed E-state index contributed by atoms with van der Waals surface area (Å²) in [5, 5.41) is 6.10. The summed E-state index contributed by atoms with van der Waals surface area (Å²) in [6.45, 7) is 0.734. The molecule has 2 aromatic carbocycles. The molecule has 1 aromatic heterocycles. The van der Waals surface area contributed by atoms with Crippen LogP contribution in [-0.2, 0) is 21.4 Å². The van der Waals surface area contributed by atoms with Crippen LogP contribution in [0.2, 0.25) is 0 Å². The summed E-state index contributed by atoms with van der Waals surface area (Å²) in [5.41, 5.74) is 1.06. The number of benzene rings is 2. The Morgan fingerprint density at radius 1 is 1.10 bits per heavy atom. The third-order valence-electron chi connectivity index (χ3n) is 5.37. The molecule has 0 aliphatic carbocycles. The second kappa shape index (κ2) is 8.41. The van der Waals surface area contributed by atoms with Gasteiger partial charge in [0.1, 0.15) is 0 Å². The van der Waals surface area contributed by atoms with Crippen LogP contribution in [0.1, 0.15) is 18.4 Å². The maximum absolute atomic E-state index is 13.4. The van der Waals surface area contributed by atoms with Gasteiger partial charge in [0.05, 0.1) is 4.90 Å². The predicted molar refractivity (Wildman–Crippen MR) is 112 cm³/mol. The zero-order chi connectivity index (χ0) is 21.3. The lowest BCUT2D eigenvalue weighted by Crippen LogP contribution is -2.42. The van der Waals surface area contributed by atoms with E-state index in [1.54, 1.807) is 11.3 Å². The molecule has 0 bridgehead atoms. The highest BCUT2D eigenvalue weighted by Crippen LogP contribution is 2.27. The molecule has 1 aliphatic rings. The standard InChI is InChI=1S/C21H20F2N2O3S2/c22-18-6-5-16(11-19(18)23)30(27,28)25-9-7-14(8-10-25)21(26)24-12-15-13-29-20-4-2-1-3-17(15)20/h1-6,11,13-14H,7-10,12H2,(H,24,26). The monoisotopic (exact) mass is 450 g/mol. The smallest absolute Gasteiger partial charge is 0.243 e. The van der Waals surface area contributed by atoms with Gasteiger partial charge in [-0.15, -0.1) is 11.3 Å². The van der Waals surface area contributed by atoms with E-state index in [2.05, 4.69) is 5.32 Å². The quantitative estimate of drug-likeness (QED) is 0.641. The van der Waals surface area contributed by atoms with Crippen molar-refractivity contribution in [3.05, 3.63) is 65.0 Å². The molecule has 9 heteroatoms. The second-order valence-electron chi connectivity index (χ2n) is 7.23. The number of carbonyl (C=O) groups is 1. The van der Waals surface area contributed by atoms with Crippen LogP contribution in [0.4, 0.5) is 8.78 Å². The minimum Gasteiger partial charge on any atom is -0.352 e. The third-order valence-corrected chi connectivity index (χ3v) is 8.27. The molecule has 158 valence electrons. The van der Waals surface area contributed by atoms with Crippen LogP contribution in [0.5, 0.6) is 0 Å². The summed E-state index contributed by atoms with van der Waals surface area (Å²) in [7, 11) is -3.93. The summed E-state index contributed by atoms with van der Waals surface area (Å²) in [6, 6.07) is 10.5. The van der Waals surface area contributed by atoms with E-state index >= 15 is 0 Å². The number of halogens is 2. The zero-order valence-electron chi connectivity index (χ0n) is 16.0. The molecular weight excluding hydrogens is 430 g/mol. The lowest BCUT2D eigenvalue weighted by molar-refractivity contribution is -0.126. The number of thiophene rings is 1. The Morgan fingerprint density at radius 2 is 1.83 bits per heavy atom. The van der Waals surface area contributed by atoms with E-state index in [4.69, 9.17) is 0 Å². The zero-order valence-corrected chi connectivity index (χ0v) is 17.6. The van der Waals surface area contributed by atoms with Crippen LogP contribution < -0.4 is 5.32 Å². The molecule has 0 saturated carbocycles. The van der Waals surface area contributed by atoms with Gasteiger partial charge in [0, 0.05) is 30.3 Å². The number of hydrogen-bond donors (Lipinski definition) is 1. The Morgan fingerprint density at radius 3 is 2.57 bits per heavy atom. The minimum atomic E-state index is -3.93. The summed E-state index contributed by atoms with van der Waals surface area (Å²) < 4.78 is 54.3. The molecule has 30 heavy (non-hydrogen) atoms. The molecule has 0 unspecified atom stereocenters. The van der Waals surface area contributed by atoms with E-state index in [1.165, 1.54) is 4.31 Å². The van der Waals surface area contributed by atoms with Gasteiger partial charge in [-0.1, -0.05) is 18.2 Å². The molecular formula is C21H20F2N2O3S2. The lowest BCUT2D eigenvalue weighted by Gasteiger charge is -2.30. The second-order valence-corrected chi connectivity index (χ2v) is 10.1. The highest BCUT2D eigenvalue weighted by Gasteiger charge is 2.32. The van der Waals surface area contributed by atoms with Gasteiger partial charge in [0.25, 0.3) is 0 Å². The maximum atomic E-state index is 13.4. The van der Waals surface area contributed by atoms with Gasteiger partial charge in [-0.25, -0.2) is 17.2 Å². The van der Waals surface area contributed by atoms with Crippen LogP contribution in [0.25, 0.3) is 10.1 Å². The molecule has 1 saturated heterocycles. The van der Waals surface area contributed by atoms with Crippen molar-refractivity contribution in [3.8, 4) is 0 Å². The first-order valence-electron chi connectivity index (χ1n) is 9.54. The van der Waals surface area contributed by atoms with Gasteiger partial charge < -0.3 is 5.32 Å². The molecule has 0 radical (unpaired) electrons. The molecule has 2 heterocycles. The van der Waals surface area contributed by atoms with Crippen molar-refractivity contribution in [2.24, 2.45) is 5.92 Å². The number of amides is 1. The van der Waals surface area contributed by atoms with Crippen molar-refractivity contribution in [2.75, 3.05) is 13.1 Å². The lowest BCUT2D eigenvalue weighted by atomic mass is 9.97. The van der Waals surface area contributed by atoms with Gasteiger partial charge in [-0.2, -0.15) is 4.31 Å². The fraction of sp³-hybridized carbons (Fsp3) is 0.286. The first kappa shape index (κ1) is 20.9. The third kappa shape index (κ3) is 4.10. The van der Waals surface area contributed by atoms with Crippen molar-refractivity contribution in [1.82, 2.24) is 9.62 Å². The summed E-state index contributed by atoms with van der Waals surface area (Å²) in [4.78, 5) is 12.3. The van der Waals surface area contributed by atoms with Crippen molar-refractivity contribution >= 4 is 37.4 Å². The van der Waals surface area contributed by atoms with Crippen LogP contribution >= 0.6 is 11.3 Å². The summed E-state index contributed by atoms with van der Waals surface area (Å²) in [6.07, 6.45) is 0.748. The number of nitrogens with one attached hydrogen (secondary N) is 1. The number of sulfonamides is 1.